The van der Waals surface area contributed by atoms with E-state index in [-0.39, 0.29) is 0 Å². The standard InChI is InChI=1S/C20H16F3N3O2/c21-20(22,23)19(27)25-14-7-4-10-26-17-12(11-24)5-3-9-16(17)28-15-8-2-1-6-13(15)18(14)26/h1-3,5-6,8-9,14,18H,4,7,10H2,(H,25,27)/t14-,18+/m1/s1. The Balaban J connectivity index is 1.85. The Morgan fingerprint density at radius 3 is 2.68 bits per heavy atom. The minimum atomic E-state index is -4.96. The van der Waals surface area contributed by atoms with Crippen molar-refractivity contribution in [1.29, 1.82) is 5.26 Å². The Hall–Kier alpha value is -3.21. The van der Waals surface area contributed by atoms with Crippen LogP contribution in [0.15, 0.2) is 42.5 Å². The molecule has 1 amide bonds. The number of halogens is 3. The number of nitriles is 1. The molecule has 0 aromatic heterocycles. The van der Waals surface area contributed by atoms with Crippen LogP contribution in [0.2, 0.25) is 0 Å². The van der Waals surface area contributed by atoms with Gasteiger partial charge in [0.05, 0.1) is 23.3 Å². The Labute approximate surface area is 159 Å². The molecular weight excluding hydrogens is 371 g/mol. The molecule has 2 heterocycles. The summed E-state index contributed by atoms with van der Waals surface area (Å²) in [4.78, 5) is 13.5. The maximum Gasteiger partial charge on any atom is 0.471 e. The van der Waals surface area contributed by atoms with Gasteiger partial charge in [-0.05, 0) is 31.0 Å². The number of carbonyl (C=O) groups excluding carboxylic acids is 1. The van der Waals surface area contributed by atoms with Crippen molar-refractivity contribution in [1.82, 2.24) is 5.32 Å². The highest BCUT2D eigenvalue weighted by molar-refractivity contribution is 5.82. The van der Waals surface area contributed by atoms with E-state index in [0.717, 1.165) is 0 Å². The van der Waals surface area contributed by atoms with E-state index >= 15 is 0 Å². The maximum absolute atomic E-state index is 12.9. The fourth-order valence-corrected chi connectivity index (χ4v) is 3.96. The SMILES string of the molecule is N#Cc1cccc2c1N1CCC[C@@H](NC(=O)C(F)(F)F)[C@@H]1c1ccccc1O2. The van der Waals surface area contributed by atoms with Crippen molar-refractivity contribution in [3.05, 3.63) is 53.6 Å². The van der Waals surface area contributed by atoms with Gasteiger partial charge in [0.25, 0.3) is 0 Å². The highest BCUT2D eigenvalue weighted by Crippen LogP contribution is 2.48. The van der Waals surface area contributed by atoms with E-state index in [1.54, 1.807) is 42.5 Å². The Bertz CT molecular complexity index is 968. The van der Waals surface area contributed by atoms with Crippen LogP contribution in [0, 0.1) is 11.3 Å². The molecule has 2 aliphatic rings. The lowest BCUT2D eigenvalue weighted by molar-refractivity contribution is -0.174. The summed E-state index contributed by atoms with van der Waals surface area (Å²) in [7, 11) is 0. The topological polar surface area (TPSA) is 65.4 Å². The molecule has 2 aromatic rings. The van der Waals surface area contributed by atoms with Gasteiger partial charge in [-0.15, -0.1) is 0 Å². The molecule has 1 saturated heterocycles. The van der Waals surface area contributed by atoms with Gasteiger partial charge in [0, 0.05) is 12.1 Å². The number of nitrogens with zero attached hydrogens (tertiary/aromatic N) is 2. The molecule has 5 nitrogen and oxygen atoms in total. The minimum Gasteiger partial charge on any atom is -0.455 e. The Morgan fingerprint density at radius 2 is 1.93 bits per heavy atom. The molecule has 1 N–H and O–H groups in total. The summed E-state index contributed by atoms with van der Waals surface area (Å²) >= 11 is 0. The number of anilines is 1. The number of ether oxygens (including phenoxy) is 1. The number of rotatable bonds is 1. The molecule has 0 spiro atoms. The van der Waals surface area contributed by atoms with Crippen molar-refractivity contribution >= 4 is 11.6 Å². The zero-order valence-electron chi connectivity index (χ0n) is 14.7. The third-order valence-electron chi connectivity index (χ3n) is 5.07. The van der Waals surface area contributed by atoms with E-state index in [0.29, 0.717) is 47.7 Å². The van der Waals surface area contributed by atoms with Crippen molar-refractivity contribution in [3.8, 4) is 17.6 Å². The quantitative estimate of drug-likeness (QED) is 0.802. The summed E-state index contributed by atoms with van der Waals surface area (Å²) in [5.41, 5.74) is 1.59. The fourth-order valence-electron chi connectivity index (χ4n) is 3.96. The number of amides is 1. The molecule has 1 fully saturated rings. The van der Waals surface area contributed by atoms with Gasteiger partial charge in [-0.3, -0.25) is 4.79 Å². The molecule has 0 aliphatic carbocycles. The molecule has 4 rings (SSSR count). The first kappa shape index (κ1) is 18.2. The van der Waals surface area contributed by atoms with Crippen LogP contribution in [0.3, 0.4) is 0 Å². The van der Waals surface area contributed by atoms with Crippen molar-refractivity contribution < 1.29 is 22.7 Å². The summed E-state index contributed by atoms with van der Waals surface area (Å²) in [5, 5.41) is 11.7. The van der Waals surface area contributed by atoms with Gasteiger partial charge in [-0.2, -0.15) is 18.4 Å². The summed E-state index contributed by atoms with van der Waals surface area (Å²) in [5.74, 6) is -0.993. The highest BCUT2D eigenvalue weighted by atomic mass is 19.4. The molecular formula is C20H16F3N3O2. The largest absolute Gasteiger partial charge is 0.471 e. The number of alkyl halides is 3. The number of fused-ring (bicyclic) bond motifs is 5. The molecule has 0 saturated carbocycles. The molecule has 28 heavy (non-hydrogen) atoms. The van der Waals surface area contributed by atoms with Gasteiger partial charge in [0.15, 0.2) is 5.75 Å². The summed E-state index contributed by atoms with van der Waals surface area (Å²) in [6.45, 7) is 0.534. The molecule has 8 heteroatoms. The van der Waals surface area contributed by atoms with E-state index in [4.69, 9.17) is 4.74 Å². The minimum absolute atomic E-state index is 0.373. The van der Waals surface area contributed by atoms with Crippen LogP contribution in [0.1, 0.15) is 30.0 Å². The second-order valence-corrected chi connectivity index (χ2v) is 6.76. The summed E-state index contributed by atoms with van der Waals surface area (Å²) in [6, 6.07) is 12.9. The fraction of sp³-hybridized carbons (Fsp3) is 0.300. The van der Waals surface area contributed by atoms with Crippen LogP contribution in [-0.4, -0.2) is 24.7 Å². The Kier molecular flexibility index (Phi) is 4.38. The predicted octanol–water partition coefficient (Wildman–Crippen LogP) is 4.05. The van der Waals surface area contributed by atoms with Crippen molar-refractivity contribution in [3.63, 3.8) is 0 Å². The molecule has 0 bridgehead atoms. The van der Waals surface area contributed by atoms with E-state index in [1.165, 1.54) is 0 Å². The number of hydrogen-bond donors (Lipinski definition) is 1. The smallest absolute Gasteiger partial charge is 0.455 e. The number of nitrogens with one attached hydrogen (secondary N) is 1. The van der Waals surface area contributed by atoms with Crippen LogP contribution >= 0.6 is 0 Å². The molecule has 2 atom stereocenters. The normalized spacial score (nSPS) is 20.6. The average molecular weight is 387 g/mol. The van der Waals surface area contributed by atoms with Crippen LogP contribution in [0.25, 0.3) is 0 Å². The molecule has 0 radical (unpaired) electrons. The third-order valence-corrected chi connectivity index (χ3v) is 5.07. The third kappa shape index (κ3) is 3.03. The summed E-state index contributed by atoms with van der Waals surface area (Å²) < 4.78 is 44.6. The predicted molar refractivity (Wildman–Crippen MR) is 95.0 cm³/mol. The summed E-state index contributed by atoms with van der Waals surface area (Å²) in [6.07, 6.45) is -4.00. The van der Waals surface area contributed by atoms with E-state index in [9.17, 15) is 23.2 Å². The Morgan fingerprint density at radius 1 is 1.18 bits per heavy atom. The first-order chi connectivity index (χ1) is 13.4. The number of hydrogen-bond acceptors (Lipinski definition) is 4. The van der Waals surface area contributed by atoms with Crippen LogP contribution in [0.4, 0.5) is 18.9 Å². The molecule has 2 aromatic carbocycles. The van der Waals surface area contributed by atoms with E-state index < -0.39 is 24.2 Å². The number of benzene rings is 2. The lowest BCUT2D eigenvalue weighted by Gasteiger charge is -2.42. The van der Waals surface area contributed by atoms with E-state index in [1.807, 2.05) is 4.90 Å². The lowest BCUT2D eigenvalue weighted by atomic mass is 9.89. The monoisotopic (exact) mass is 387 g/mol. The molecule has 144 valence electrons. The zero-order chi connectivity index (χ0) is 19.9. The van der Waals surface area contributed by atoms with Crippen molar-refractivity contribution in [2.45, 2.75) is 31.1 Å². The second-order valence-electron chi connectivity index (χ2n) is 6.76. The van der Waals surface area contributed by atoms with Crippen LogP contribution in [-0.2, 0) is 4.79 Å². The van der Waals surface area contributed by atoms with Gasteiger partial charge in [0.2, 0.25) is 0 Å². The first-order valence-electron chi connectivity index (χ1n) is 8.84. The zero-order valence-corrected chi connectivity index (χ0v) is 14.7. The number of piperidine rings is 1. The average Bonchev–Trinajstić information content (AvgIpc) is 2.82. The van der Waals surface area contributed by atoms with Gasteiger partial charge < -0.3 is 15.0 Å². The number of para-hydroxylation sites is 2. The van der Waals surface area contributed by atoms with Gasteiger partial charge in [-0.25, -0.2) is 0 Å². The van der Waals surface area contributed by atoms with Gasteiger partial charge in [0.1, 0.15) is 11.8 Å². The van der Waals surface area contributed by atoms with Gasteiger partial charge in [-0.1, -0.05) is 24.3 Å². The van der Waals surface area contributed by atoms with Crippen LogP contribution < -0.4 is 15.0 Å². The second kappa shape index (κ2) is 6.75. The first-order valence-corrected chi connectivity index (χ1v) is 8.84. The van der Waals surface area contributed by atoms with E-state index in [2.05, 4.69) is 11.4 Å². The number of carbonyl (C=O) groups is 1. The van der Waals surface area contributed by atoms with Crippen molar-refractivity contribution in [2.24, 2.45) is 0 Å². The highest BCUT2D eigenvalue weighted by Gasteiger charge is 2.44. The molecule has 0 unspecified atom stereocenters. The van der Waals surface area contributed by atoms with Gasteiger partial charge >= 0.3 is 12.1 Å². The van der Waals surface area contributed by atoms with Crippen molar-refractivity contribution in [2.75, 3.05) is 11.4 Å². The molecule has 2 aliphatic heterocycles. The van der Waals surface area contributed by atoms with Crippen LogP contribution in [0.5, 0.6) is 11.5 Å². The lowest BCUT2D eigenvalue weighted by Crippen LogP contribution is -2.52. The maximum atomic E-state index is 12.9.